The molecule has 52 valence electrons. The van der Waals surface area contributed by atoms with E-state index >= 15 is 0 Å². The van der Waals surface area contributed by atoms with Crippen LogP contribution in [-0.4, -0.2) is 15.4 Å². The van der Waals surface area contributed by atoms with E-state index < -0.39 is 0 Å². The molecule has 0 aliphatic carbocycles. The van der Waals surface area contributed by atoms with E-state index in [0.29, 0.717) is 0 Å². The van der Waals surface area contributed by atoms with Crippen LogP contribution in [0.15, 0.2) is 18.5 Å². The molecule has 3 nitrogen and oxygen atoms in total. The Bertz CT molecular complexity index is 228. The zero-order valence-corrected chi connectivity index (χ0v) is 6.07. The van der Waals surface area contributed by atoms with Gasteiger partial charge in [0.2, 0.25) is 0 Å². The fourth-order valence-corrected chi connectivity index (χ4v) is 0.609. The SMILES string of the molecule is C/C=C(\C)c1cnnnc1. The van der Waals surface area contributed by atoms with Crippen molar-refractivity contribution in [3.05, 3.63) is 24.0 Å². The highest BCUT2D eigenvalue weighted by Gasteiger charge is 1.91. The minimum absolute atomic E-state index is 1.03. The standard InChI is InChI=1S/C7H9N3/c1-3-6(2)7-4-8-10-9-5-7/h3-5H,1-2H3/b6-3+. The fourth-order valence-electron chi connectivity index (χ4n) is 0.609. The van der Waals surface area contributed by atoms with E-state index in [1.165, 1.54) is 5.57 Å². The molecule has 3 heteroatoms. The highest BCUT2D eigenvalue weighted by atomic mass is 15.3. The van der Waals surface area contributed by atoms with Crippen LogP contribution in [0.25, 0.3) is 5.57 Å². The molecule has 1 rings (SSSR count). The van der Waals surface area contributed by atoms with Gasteiger partial charge in [-0.1, -0.05) is 6.08 Å². The summed E-state index contributed by atoms with van der Waals surface area (Å²) in [7, 11) is 0. The van der Waals surface area contributed by atoms with Gasteiger partial charge in [0.25, 0.3) is 0 Å². The molecule has 0 amide bonds. The van der Waals surface area contributed by atoms with Crippen LogP contribution in [-0.2, 0) is 0 Å². The van der Waals surface area contributed by atoms with Crippen molar-refractivity contribution in [2.75, 3.05) is 0 Å². The molecule has 0 aromatic carbocycles. The van der Waals surface area contributed by atoms with Crippen molar-refractivity contribution in [2.45, 2.75) is 13.8 Å². The quantitative estimate of drug-likeness (QED) is 0.582. The third kappa shape index (κ3) is 1.37. The zero-order valence-electron chi connectivity index (χ0n) is 6.07. The molecule has 1 aromatic heterocycles. The number of hydrogen-bond donors (Lipinski definition) is 0. The summed E-state index contributed by atoms with van der Waals surface area (Å²) in [5, 5.41) is 10.7. The van der Waals surface area contributed by atoms with Gasteiger partial charge in [-0.15, -0.1) is 10.2 Å². The number of rotatable bonds is 1. The maximum atomic E-state index is 3.65. The van der Waals surface area contributed by atoms with E-state index in [1.807, 2.05) is 19.9 Å². The number of aromatic nitrogens is 3. The van der Waals surface area contributed by atoms with Crippen LogP contribution in [0.3, 0.4) is 0 Å². The molecule has 0 spiro atoms. The van der Waals surface area contributed by atoms with Crippen molar-refractivity contribution in [1.82, 2.24) is 15.4 Å². The van der Waals surface area contributed by atoms with Crippen molar-refractivity contribution in [1.29, 1.82) is 0 Å². The van der Waals surface area contributed by atoms with Gasteiger partial charge in [0.15, 0.2) is 0 Å². The van der Waals surface area contributed by atoms with Gasteiger partial charge in [0.05, 0.1) is 12.4 Å². The minimum atomic E-state index is 1.03. The highest BCUT2D eigenvalue weighted by Crippen LogP contribution is 2.08. The first-order valence-electron chi connectivity index (χ1n) is 3.11. The molecule has 0 N–H and O–H groups in total. The van der Waals surface area contributed by atoms with E-state index in [-0.39, 0.29) is 0 Å². The van der Waals surface area contributed by atoms with Gasteiger partial charge in [0.1, 0.15) is 0 Å². The molecule has 0 saturated heterocycles. The summed E-state index contributed by atoms with van der Waals surface area (Å²) in [5.74, 6) is 0. The first-order chi connectivity index (χ1) is 4.84. The molecular weight excluding hydrogens is 126 g/mol. The normalized spacial score (nSPS) is 11.6. The Morgan fingerprint density at radius 3 is 2.50 bits per heavy atom. The van der Waals surface area contributed by atoms with Crippen LogP contribution >= 0.6 is 0 Å². The zero-order chi connectivity index (χ0) is 7.40. The predicted octanol–water partition coefficient (Wildman–Crippen LogP) is 1.29. The van der Waals surface area contributed by atoms with Gasteiger partial charge in [0, 0.05) is 5.56 Å². The van der Waals surface area contributed by atoms with Crippen molar-refractivity contribution in [3.8, 4) is 0 Å². The van der Waals surface area contributed by atoms with E-state index in [4.69, 9.17) is 0 Å². The number of hydrogen-bond acceptors (Lipinski definition) is 3. The molecule has 0 bridgehead atoms. The van der Waals surface area contributed by atoms with Crippen LogP contribution in [0.4, 0.5) is 0 Å². The summed E-state index contributed by atoms with van der Waals surface area (Å²) in [4.78, 5) is 0. The van der Waals surface area contributed by atoms with Crippen molar-refractivity contribution in [2.24, 2.45) is 0 Å². The third-order valence-corrected chi connectivity index (χ3v) is 1.39. The lowest BCUT2D eigenvalue weighted by atomic mass is 10.2. The molecule has 10 heavy (non-hydrogen) atoms. The van der Waals surface area contributed by atoms with Gasteiger partial charge >= 0.3 is 0 Å². The second-order valence-electron chi connectivity index (χ2n) is 2.01. The number of nitrogens with zero attached hydrogens (tertiary/aromatic N) is 3. The summed E-state index contributed by atoms with van der Waals surface area (Å²) in [6.07, 6.45) is 5.41. The smallest absolute Gasteiger partial charge is 0.0605 e. The van der Waals surface area contributed by atoms with E-state index in [2.05, 4.69) is 15.4 Å². The maximum absolute atomic E-state index is 3.65. The monoisotopic (exact) mass is 135 g/mol. The predicted molar refractivity (Wildman–Crippen MR) is 39.2 cm³/mol. The third-order valence-electron chi connectivity index (χ3n) is 1.39. The molecule has 0 atom stereocenters. The van der Waals surface area contributed by atoms with Crippen LogP contribution in [0.1, 0.15) is 19.4 Å². The molecule has 0 unspecified atom stereocenters. The van der Waals surface area contributed by atoms with Crippen LogP contribution in [0.5, 0.6) is 0 Å². The van der Waals surface area contributed by atoms with Crippen LogP contribution < -0.4 is 0 Å². The summed E-state index contributed by atoms with van der Waals surface area (Å²) in [6.45, 7) is 3.99. The lowest BCUT2D eigenvalue weighted by Crippen LogP contribution is -1.87. The molecule has 0 aliphatic rings. The molecule has 0 radical (unpaired) electrons. The van der Waals surface area contributed by atoms with Gasteiger partial charge < -0.3 is 0 Å². The Morgan fingerprint density at radius 1 is 1.40 bits per heavy atom. The molecule has 0 aliphatic heterocycles. The Morgan fingerprint density at radius 2 is 2.00 bits per heavy atom. The van der Waals surface area contributed by atoms with Gasteiger partial charge in [-0.3, -0.25) is 0 Å². The lowest BCUT2D eigenvalue weighted by Gasteiger charge is -1.94. The first-order valence-corrected chi connectivity index (χ1v) is 3.11. The average molecular weight is 135 g/mol. The Hall–Kier alpha value is -1.25. The summed E-state index contributed by atoms with van der Waals surface area (Å²) < 4.78 is 0. The van der Waals surface area contributed by atoms with Crippen LogP contribution in [0, 0.1) is 0 Å². The number of allylic oxidation sites excluding steroid dienone is 2. The first kappa shape index (κ1) is 6.86. The largest absolute Gasteiger partial charge is 0.138 e. The van der Waals surface area contributed by atoms with E-state index in [0.717, 1.165) is 5.56 Å². The molecule has 1 heterocycles. The average Bonchev–Trinajstić information content (AvgIpc) is 2.05. The highest BCUT2D eigenvalue weighted by molar-refractivity contribution is 5.61. The van der Waals surface area contributed by atoms with Gasteiger partial charge in [-0.2, -0.15) is 0 Å². The Balaban J connectivity index is 2.96. The summed E-state index contributed by atoms with van der Waals surface area (Å²) in [5.41, 5.74) is 2.19. The summed E-state index contributed by atoms with van der Waals surface area (Å²) in [6, 6.07) is 0. The second kappa shape index (κ2) is 3.06. The topological polar surface area (TPSA) is 38.7 Å². The van der Waals surface area contributed by atoms with Crippen molar-refractivity contribution in [3.63, 3.8) is 0 Å². The van der Waals surface area contributed by atoms with Gasteiger partial charge in [-0.05, 0) is 24.6 Å². The molecular formula is C7H9N3. The van der Waals surface area contributed by atoms with E-state index in [1.54, 1.807) is 12.4 Å². The van der Waals surface area contributed by atoms with Gasteiger partial charge in [-0.25, -0.2) is 0 Å². The minimum Gasteiger partial charge on any atom is -0.138 e. The second-order valence-corrected chi connectivity index (χ2v) is 2.01. The maximum Gasteiger partial charge on any atom is 0.0605 e. The molecule has 0 fully saturated rings. The molecule has 0 saturated carbocycles. The molecule has 1 aromatic rings. The van der Waals surface area contributed by atoms with Crippen molar-refractivity contribution < 1.29 is 0 Å². The fraction of sp³-hybridized carbons (Fsp3) is 0.286. The Labute approximate surface area is 59.8 Å². The Kier molecular flexibility index (Phi) is 2.10. The van der Waals surface area contributed by atoms with E-state index in [9.17, 15) is 0 Å². The summed E-state index contributed by atoms with van der Waals surface area (Å²) >= 11 is 0. The van der Waals surface area contributed by atoms with Crippen LogP contribution in [0.2, 0.25) is 0 Å². The van der Waals surface area contributed by atoms with Crippen molar-refractivity contribution >= 4 is 5.57 Å². The lowest BCUT2D eigenvalue weighted by molar-refractivity contribution is 0.860.